The number of hydrogen-bond acceptors (Lipinski definition) is 3. The zero-order valence-electron chi connectivity index (χ0n) is 12.1. The van der Waals surface area contributed by atoms with Gasteiger partial charge in [0.2, 0.25) is 0 Å². The van der Waals surface area contributed by atoms with E-state index in [-0.39, 0.29) is 16.6 Å². The second kappa shape index (κ2) is 5.01. The predicted octanol–water partition coefficient (Wildman–Crippen LogP) is 3.52. The highest BCUT2D eigenvalue weighted by molar-refractivity contribution is 8.01. The Morgan fingerprint density at radius 1 is 1.38 bits per heavy atom. The molecule has 0 aromatic carbocycles. The highest BCUT2D eigenvalue weighted by atomic mass is 32.2. The largest absolute Gasteiger partial charge is 0.481 e. The Balaban J connectivity index is 1.77. The number of aliphatic imine (C=N–C) groups is 1. The van der Waals surface area contributed by atoms with E-state index in [2.05, 4.69) is 24.4 Å². The van der Waals surface area contributed by atoms with Crippen molar-refractivity contribution in [3.05, 3.63) is 23.9 Å². The summed E-state index contributed by atoms with van der Waals surface area (Å²) < 4.78 is -0.0696. The normalized spacial score (nSPS) is 41.7. The fraction of sp³-hybridized carbons (Fsp3) is 0.647. The van der Waals surface area contributed by atoms with E-state index in [1.807, 2.05) is 11.8 Å². The van der Waals surface area contributed by atoms with Gasteiger partial charge in [0.1, 0.15) is 0 Å². The molecule has 4 unspecified atom stereocenters. The highest BCUT2D eigenvalue weighted by Gasteiger charge is 2.59. The first kappa shape index (κ1) is 13.6. The Labute approximate surface area is 129 Å². The molecule has 21 heavy (non-hydrogen) atoms. The van der Waals surface area contributed by atoms with E-state index in [1.54, 1.807) is 0 Å². The molecule has 2 aliphatic carbocycles. The molecule has 1 spiro atoms. The zero-order valence-corrected chi connectivity index (χ0v) is 12.9. The Kier molecular flexibility index (Phi) is 3.25. The maximum atomic E-state index is 11.8. The van der Waals surface area contributed by atoms with Crippen LogP contribution >= 0.6 is 11.8 Å². The van der Waals surface area contributed by atoms with Gasteiger partial charge in [-0.25, -0.2) is 0 Å². The summed E-state index contributed by atoms with van der Waals surface area (Å²) in [4.78, 5) is 16.6. The third kappa shape index (κ3) is 1.95. The molecule has 1 N–H and O–H groups in total. The van der Waals surface area contributed by atoms with Crippen molar-refractivity contribution < 1.29 is 9.90 Å². The number of carboxylic acids is 1. The van der Waals surface area contributed by atoms with E-state index in [9.17, 15) is 9.90 Å². The van der Waals surface area contributed by atoms with Crippen molar-refractivity contribution in [1.29, 1.82) is 0 Å². The van der Waals surface area contributed by atoms with Crippen LogP contribution in [0.5, 0.6) is 0 Å². The molecule has 2 aliphatic heterocycles. The third-order valence-electron chi connectivity index (χ3n) is 5.80. The molecule has 4 rings (SSSR count). The quantitative estimate of drug-likeness (QED) is 0.849. The molecule has 0 bridgehead atoms. The average molecular weight is 303 g/mol. The van der Waals surface area contributed by atoms with Crippen molar-refractivity contribution in [1.82, 2.24) is 0 Å². The fourth-order valence-corrected chi connectivity index (χ4v) is 6.65. The number of carbonyl (C=O) groups is 1. The van der Waals surface area contributed by atoms with E-state index >= 15 is 0 Å². The van der Waals surface area contributed by atoms with Crippen LogP contribution in [0, 0.1) is 23.7 Å². The number of hydrogen-bond donors (Lipinski definition) is 1. The highest BCUT2D eigenvalue weighted by Crippen LogP contribution is 2.60. The molecule has 0 radical (unpaired) electrons. The van der Waals surface area contributed by atoms with Crippen LogP contribution in [0.15, 0.2) is 28.9 Å². The number of carboxylic acid groups (broad SMARTS) is 1. The number of allylic oxidation sites excluding steroid dienone is 3. The van der Waals surface area contributed by atoms with Crippen LogP contribution in [0.25, 0.3) is 0 Å². The molecule has 2 heterocycles. The summed E-state index contributed by atoms with van der Waals surface area (Å²) in [5, 5.41) is 9.70. The zero-order chi connectivity index (χ0) is 14.4. The fourth-order valence-electron chi connectivity index (χ4n) is 4.82. The Morgan fingerprint density at radius 2 is 2.19 bits per heavy atom. The van der Waals surface area contributed by atoms with Crippen LogP contribution in [0.4, 0.5) is 0 Å². The topological polar surface area (TPSA) is 49.7 Å². The molecule has 0 amide bonds. The van der Waals surface area contributed by atoms with Gasteiger partial charge in [0.15, 0.2) is 0 Å². The van der Waals surface area contributed by atoms with Gasteiger partial charge in [-0.05, 0) is 31.3 Å². The lowest BCUT2D eigenvalue weighted by molar-refractivity contribution is -0.143. The Morgan fingerprint density at radius 3 is 2.95 bits per heavy atom. The number of rotatable bonds is 2. The van der Waals surface area contributed by atoms with Crippen LogP contribution in [0.1, 0.15) is 32.1 Å². The Bertz CT molecular complexity index is 547. The second-order valence-electron chi connectivity index (χ2n) is 6.76. The lowest BCUT2D eigenvalue weighted by atomic mass is 9.65. The third-order valence-corrected chi connectivity index (χ3v) is 7.49. The van der Waals surface area contributed by atoms with Crippen molar-refractivity contribution in [2.75, 3.05) is 5.75 Å². The van der Waals surface area contributed by atoms with Gasteiger partial charge in [-0.1, -0.05) is 25.0 Å². The van der Waals surface area contributed by atoms with Gasteiger partial charge in [-0.15, -0.1) is 11.8 Å². The molecule has 1 saturated heterocycles. The SMILES string of the molecule is O=C(O)C1CSC23CC=CC=C2N=CC(C2CCCC2)C13. The van der Waals surface area contributed by atoms with Crippen LogP contribution < -0.4 is 0 Å². The van der Waals surface area contributed by atoms with Crippen molar-refractivity contribution >= 4 is 23.9 Å². The average Bonchev–Trinajstić information content (AvgIpc) is 3.13. The van der Waals surface area contributed by atoms with E-state index < -0.39 is 5.97 Å². The first-order chi connectivity index (χ1) is 10.2. The maximum Gasteiger partial charge on any atom is 0.307 e. The van der Waals surface area contributed by atoms with Gasteiger partial charge < -0.3 is 5.11 Å². The van der Waals surface area contributed by atoms with Crippen molar-refractivity contribution in [2.24, 2.45) is 28.7 Å². The molecule has 4 aliphatic rings. The standard InChI is InChI=1S/C17H21NO2S/c19-16(20)13-10-21-17-8-4-3-7-14(17)18-9-12(15(13)17)11-5-1-2-6-11/h3-4,7,9,11-13,15H,1-2,5-6,8,10H2,(H,19,20). The smallest absolute Gasteiger partial charge is 0.307 e. The van der Waals surface area contributed by atoms with Gasteiger partial charge in [-0.2, -0.15) is 0 Å². The summed E-state index contributed by atoms with van der Waals surface area (Å²) >= 11 is 1.84. The van der Waals surface area contributed by atoms with Gasteiger partial charge in [0, 0.05) is 23.8 Å². The molecule has 0 aromatic rings. The van der Waals surface area contributed by atoms with E-state index in [0.717, 1.165) is 17.9 Å². The molecule has 112 valence electrons. The molecule has 0 aromatic heterocycles. The van der Waals surface area contributed by atoms with Gasteiger partial charge in [-0.3, -0.25) is 9.79 Å². The van der Waals surface area contributed by atoms with Gasteiger partial charge in [0.05, 0.1) is 16.4 Å². The molecule has 3 nitrogen and oxygen atoms in total. The molecule has 1 saturated carbocycles. The lowest BCUT2D eigenvalue weighted by Gasteiger charge is -2.45. The van der Waals surface area contributed by atoms with Gasteiger partial charge >= 0.3 is 5.97 Å². The summed E-state index contributed by atoms with van der Waals surface area (Å²) in [7, 11) is 0. The molecular formula is C17H21NO2S. The molecule has 4 heteroatoms. The minimum atomic E-state index is -0.614. The monoisotopic (exact) mass is 303 g/mol. The molecular weight excluding hydrogens is 282 g/mol. The van der Waals surface area contributed by atoms with E-state index in [0.29, 0.717) is 11.8 Å². The van der Waals surface area contributed by atoms with E-state index in [1.165, 1.54) is 25.7 Å². The summed E-state index contributed by atoms with van der Waals surface area (Å²) in [5.41, 5.74) is 1.11. The van der Waals surface area contributed by atoms with Crippen LogP contribution in [0.3, 0.4) is 0 Å². The summed E-state index contributed by atoms with van der Waals surface area (Å²) in [6.45, 7) is 0. The molecule has 4 atom stereocenters. The van der Waals surface area contributed by atoms with Crippen LogP contribution in [0.2, 0.25) is 0 Å². The van der Waals surface area contributed by atoms with Crippen molar-refractivity contribution in [3.8, 4) is 0 Å². The summed E-state index contributed by atoms with van der Waals surface area (Å²) in [5.74, 6) is 1.11. The van der Waals surface area contributed by atoms with Crippen LogP contribution in [-0.2, 0) is 4.79 Å². The van der Waals surface area contributed by atoms with Crippen molar-refractivity contribution in [2.45, 2.75) is 36.9 Å². The lowest BCUT2D eigenvalue weighted by Crippen LogP contribution is -2.47. The maximum absolute atomic E-state index is 11.8. The first-order valence-electron chi connectivity index (χ1n) is 8.00. The van der Waals surface area contributed by atoms with Crippen molar-refractivity contribution in [3.63, 3.8) is 0 Å². The van der Waals surface area contributed by atoms with Crippen LogP contribution in [-0.4, -0.2) is 27.8 Å². The number of thioether (sulfide) groups is 1. The minimum absolute atomic E-state index is 0.0696. The predicted molar refractivity (Wildman–Crippen MR) is 85.6 cm³/mol. The summed E-state index contributed by atoms with van der Waals surface area (Å²) in [6, 6.07) is 0. The second-order valence-corrected chi connectivity index (χ2v) is 8.11. The molecule has 2 fully saturated rings. The van der Waals surface area contributed by atoms with E-state index in [4.69, 9.17) is 4.99 Å². The first-order valence-corrected chi connectivity index (χ1v) is 8.99. The minimum Gasteiger partial charge on any atom is -0.481 e. The number of nitrogens with zero attached hydrogens (tertiary/aromatic N) is 1. The number of aliphatic carboxylic acids is 1. The van der Waals surface area contributed by atoms with Gasteiger partial charge in [0.25, 0.3) is 0 Å². The Hall–Kier alpha value is -1.03. The summed E-state index contributed by atoms with van der Waals surface area (Å²) in [6.07, 6.45) is 14.5.